The molecule has 164 valence electrons. The minimum atomic E-state index is 0.126. The number of carbonyl (C=O) groups excluding carboxylic acids is 1. The van der Waals surface area contributed by atoms with E-state index in [1.165, 1.54) is 24.8 Å². The van der Waals surface area contributed by atoms with Gasteiger partial charge in [-0.15, -0.1) is 0 Å². The molecule has 1 atom stereocenters. The zero-order chi connectivity index (χ0) is 21.7. The second-order valence-electron chi connectivity index (χ2n) is 9.75. The van der Waals surface area contributed by atoms with E-state index in [1.807, 2.05) is 23.1 Å². The molecule has 2 N–H and O–H groups in total. The summed E-state index contributed by atoms with van der Waals surface area (Å²) in [4.78, 5) is 24.2. The molecule has 0 amide bonds. The molecule has 3 aliphatic rings. The van der Waals surface area contributed by atoms with E-state index in [0.29, 0.717) is 29.8 Å². The third kappa shape index (κ3) is 3.55. The van der Waals surface area contributed by atoms with Crippen LogP contribution < -0.4 is 10.6 Å². The first-order valence-electron chi connectivity index (χ1n) is 11.6. The zero-order valence-corrected chi connectivity index (χ0v) is 18.2. The Balaban J connectivity index is 1.09. The van der Waals surface area contributed by atoms with Crippen LogP contribution in [0.1, 0.15) is 65.1 Å². The van der Waals surface area contributed by atoms with E-state index in [2.05, 4.69) is 27.1 Å². The molecule has 2 fully saturated rings. The molecular formula is C25H28N6O. The lowest BCUT2D eigenvalue weighted by atomic mass is 9.94. The van der Waals surface area contributed by atoms with Gasteiger partial charge < -0.3 is 10.6 Å². The van der Waals surface area contributed by atoms with Gasteiger partial charge in [-0.25, -0.2) is 9.97 Å². The molecule has 1 saturated carbocycles. The fraction of sp³-hybridized carbons (Fsp3) is 0.440. The second-order valence-corrected chi connectivity index (χ2v) is 9.75. The molecule has 1 spiro atoms. The quantitative estimate of drug-likeness (QED) is 0.604. The van der Waals surface area contributed by atoms with Crippen molar-refractivity contribution < 1.29 is 4.79 Å². The number of pyridine rings is 2. The lowest BCUT2D eigenvalue weighted by Gasteiger charge is -2.17. The van der Waals surface area contributed by atoms with Crippen LogP contribution in [0.25, 0.3) is 0 Å². The summed E-state index contributed by atoms with van der Waals surface area (Å²) in [6, 6.07) is 6.24. The van der Waals surface area contributed by atoms with Gasteiger partial charge in [0.2, 0.25) is 0 Å². The number of hydrogen-bond donors (Lipinski definition) is 1. The summed E-state index contributed by atoms with van der Waals surface area (Å²) >= 11 is 0. The topological polar surface area (TPSA) is 89.9 Å². The van der Waals surface area contributed by atoms with Crippen LogP contribution in [0, 0.1) is 5.41 Å². The highest BCUT2D eigenvalue weighted by molar-refractivity contribution is 5.96. The minimum absolute atomic E-state index is 0.126. The third-order valence-electron chi connectivity index (χ3n) is 7.57. The van der Waals surface area contributed by atoms with Gasteiger partial charge >= 0.3 is 0 Å². The van der Waals surface area contributed by atoms with Crippen LogP contribution in [0.5, 0.6) is 0 Å². The Labute approximate surface area is 187 Å². The lowest BCUT2D eigenvalue weighted by molar-refractivity contribution is 0.0973. The maximum absolute atomic E-state index is 12.9. The average molecular weight is 429 g/mol. The van der Waals surface area contributed by atoms with Crippen LogP contribution in [-0.4, -0.2) is 38.6 Å². The normalized spacial score (nSPS) is 20.6. The van der Waals surface area contributed by atoms with Crippen LogP contribution in [0.3, 0.4) is 0 Å². The van der Waals surface area contributed by atoms with Crippen molar-refractivity contribution in [3.05, 3.63) is 65.2 Å². The smallest absolute Gasteiger partial charge is 0.166 e. The van der Waals surface area contributed by atoms with Crippen LogP contribution in [0.15, 0.2) is 43.0 Å². The second kappa shape index (κ2) is 7.43. The van der Waals surface area contributed by atoms with Gasteiger partial charge in [0, 0.05) is 38.1 Å². The number of nitrogens with zero attached hydrogens (tertiary/aromatic N) is 5. The molecule has 1 saturated heterocycles. The fourth-order valence-electron chi connectivity index (χ4n) is 5.40. The number of nitrogens with two attached hydrogens (primary N) is 1. The minimum Gasteiger partial charge on any atom is -0.383 e. The summed E-state index contributed by atoms with van der Waals surface area (Å²) in [5.74, 6) is 2.01. The van der Waals surface area contributed by atoms with Gasteiger partial charge in [0.25, 0.3) is 0 Å². The maximum atomic E-state index is 12.9. The molecule has 4 heterocycles. The van der Waals surface area contributed by atoms with Crippen LogP contribution in [0.2, 0.25) is 0 Å². The molecule has 3 aromatic rings. The van der Waals surface area contributed by atoms with Gasteiger partial charge in [0.1, 0.15) is 11.6 Å². The van der Waals surface area contributed by atoms with Crippen molar-refractivity contribution in [2.75, 3.05) is 23.7 Å². The van der Waals surface area contributed by atoms with Crippen molar-refractivity contribution in [3.8, 4) is 0 Å². The van der Waals surface area contributed by atoms with Crippen molar-refractivity contribution in [3.63, 3.8) is 0 Å². The van der Waals surface area contributed by atoms with Crippen molar-refractivity contribution in [1.29, 1.82) is 0 Å². The first-order chi connectivity index (χ1) is 15.6. The lowest BCUT2D eigenvalue weighted by Crippen LogP contribution is -2.21. The Morgan fingerprint density at radius 3 is 2.84 bits per heavy atom. The third-order valence-corrected chi connectivity index (χ3v) is 7.57. The molecule has 6 rings (SSSR count). The van der Waals surface area contributed by atoms with E-state index in [0.717, 1.165) is 42.9 Å². The Bertz CT molecular complexity index is 1160. The summed E-state index contributed by atoms with van der Waals surface area (Å²) < 4.78 is 1.82. The molecule has 0 aromatic carbocycles. The summed E-state index contributed by atoms with van der Waals surface area (Å²) in [7, 11) is 0. The number of nitrogen functional groups attached to an aromatic ring is 1. The molecule has 0 bridgehead atoms. The average Bonchev–Trinajstić information content (AvgIpc) is 3.13. The summed E-state index contributed by atoms with van der Waals surface area (Å²) in [6.07, 6.45) is 13.6. The van der Waals surface area contributed by atoms with Gasteiger partial charge in [0.15, 0.2) is 5.78 Å². The number of anilines is 2. The van der Waals surface area contributed by atoms with Gasteiger partial charge in [-0.1, -0.05) is 6.07 Å². The molecular weight excluding hydrogens is 400 g/mol. The van der Waals surface area contributed by atoms with Gasteiger partial charge in [-0.3, -0.25) is 9.48 Å². The first kappa shape index (κ1) is 19.5. The first-order valence-corrected chi connectivity index (χ1v) is 11.6. The van der Waals surface area contributed by atoms with Crippen molar-refractivity contribution in [1.82, 2.24) is 19.7 Å². The monoisotopic (exact) mass is 428 g/mol. The molecule has 0 unspecified atom stereocenters. The Morgan fingerprint density at radius 1 is 1.16 bits per heavy atom. The van der Waals surface area contributed by atoms with Crippen LogP contribution >= 0.6 is 0 Å². The van der Waals surface area contributed by atoms with Crippen molar-refractivity contribution in [2.45, 2.75) is 51.0 Å². The highest BCUT2D eigenvalue weighted by Gasteiger charge is 2.47. The van der Waals surface area contributed by atoms with E-state index < -0.39 is 0 Å². The Hall–Kier alpha value is -3.22. The van der Waals surface area contributed by atoms with E-state index in [4.69, 9.17) is 10.7 Å². The van der Waals surface area contributed by atoms with Crippen molar-refractivity contribution in [2.24, 2.45) is 5.41 Å². The predicted molar refractivity (Wildman–Crippen MR) is 123 cm³/mol. The standard InChI is InChI=1S/C25H28N6O/c26-24-21-3-2-18(20(21)5-9-27-24)11-22(32)19-13-29-31(15-19)14-17-1-4-23(28-12-17)30-10-8-25(16-30)6-7-25/h1,4-5,9,12-13,15,18H,2-3,6-8,10-11,14,16H2,(H2,26,27)/t18-/m0/s1. The number of carbonyl (C=O) groups is 1. The fourth-order valence-corrected chi connectivity index (χ4v) is 5.40. The highest BCUT2D eigenvalue weighted by Crippen LogP contribution is 2.53. The largest absolute Gasteiger partial charge is 0.383 e. The molecule has 7 heteroatoms. The van der Waals surface area contributed by atoms with Crippen molar-refractivity contribution >= 4 is 17.4 Å². The van der Waals surface area contributed by atoms with E-state index in [1.54, 1.807) is 12.4 Å². The van der Waals surface area contributed by atoms with E-state index in [9.17, 15) is 4.79 Å². The SMILES string of the molecule is Nc1nccc2c1CC[C@H]2CC(=O)c1cnn(Cc2ccc(N3CCC4(CC4)C3)nc2)c1. The van der Waals surface area contributed by atoms with Gasteiger partial charge in [-0.05, 0) is 72.3 Å². The number of rotatable bonds is 6. The molecule has 1 aliphatic heterocycles. The van der Waals surface area contributed by atoms with Gasteiger partial charge in [-0.2, -0.15) is 5.10 Å². The number of Topliss-reactive ketones (excluding diaryl/α,β-unsaturated/α-hetero) is 1. The van der Waals surface area contributed by atoms with E-state index in [-0.39, 0.29) is 11.7 Å². The molecule has 32 heavy (non-hydrogen) atoms. The summed E-state index contributed by atoms with van der Waals surface area (Å²) in [5.41, 5.74) is 10.6. The summed E-state index contributed by atoms with van der Waals surface area (Å²) in [5, 5.41) is 4.42. The number of fused-ring (bicyclic) bond motifs is 1. The highest BCUT2D eigenvalue weighted by atomic mass is 16.1. The van der Waals surface area contributed by atoms with Crippen LogP contribution in [-0.2, 0) is 13.0 Å². The molecule has 7 nitrogen and oxygen atoms in total. The molecule has 2 aliphatic carbocycles. The molecule has 3 aromatic heterocycles. The molecule has 0 radical (unpaired) electrons. The number of aromatic nitrogens is 4. The zero-order valence-electron chi connectivity index (χ0n) is 18.2. The number of ketones is 1. The predicted octanol–water partition coefficient (Wildman–Crippen LogP) is 3.60. The van der Waals surface area contributed by atoms with E-state index >= 15 is 0 Å². The Kier molecular flexibility index (Phi) is 4.52. The maximum Gasteiger partial charge on any atom is 0.166 e. The van der Waals surface area contributed by atoms with Gasteiger partial charge in [0.05, 0.1) is 18.3 Å². The Morgan fingerprint density at radius 2 is 2.06 bits per heavy atom. The number of hydrogen-bond acceptors (Lipinski definition) is 6. The summed E-state index contributed by atoms with van der Waals surface area (Å²) in [6.45, 7) is 2.88. The van der Waals surface area contributed by atoms with Crippen LogP contribution in [0.4, 0.5) is 11.6 Å².